The molecule has 5 nitrogen and oxygen atoms in total. The molecule has 6 heteroatoms. The lowest BCUT2D eigenvalue weighted by Crippen LogP contribution is -2.21. The van der Waals surface area contributed by atoms with Gasteiger partial charge in [-0.25, -0.2) is 0 Å². The molecule has 1 saturated carbocycles. The van der Waals surface area contributed by atoms with Crippen LogP contribution >= 0.6 is 11.3 Å². The molecule has 1 aliphatic carbocycles. The summed E-state index contributed by atoms with van der Waals surface area (Å²) in [6.07, 6.45) is 1.93. The molecule has 1 aliphatic rings. The highest BCUT2D eigenvalue weighted by Gasteiger charge is 2.30. The molecule has 0 aliphatic heterocycles. The van der Waals surface area contributed by atoms with E-state index < -0.39 is 0 Å². The monoisotopic (exact) mass is 371 g/mol. The number of amides is 2. The summed E-state index contributed by atoms with van der Waals surface area (Å²) in [5.41, 5.74) is 2.78. The SMILES string of the molecule is CCN(CC)c1ccc(NC(=O)c2sc(NC(=O)C3CC3)cc2C)cc1. The fourth-order valence-corrected chi connectivity index (χ4v) is 3.84. The number of thiophene rings is 1. The average molecular weight is 372 g/mol. The van der Waals surface area contributed by atoms with Gasteiger partial charge in [0, 0.05) is 30.4 Å². The van der Waals surface area contributed by atoms with Crippen molar-refractivity contribution >= 4 is 39.5 Å². The molecule has 1 heterocycles. The minimum atomic E-state index is -0.144. The first-order valence-corrected chi connectivity index (χ1v) is 9.91. The van der Waals surface area contributed by atoms with E-state index in [2.05, 4.69) is 29.4 Å². The van der Waals surface area contributed by atoms with Gasteiger partial charge in [0.2, 0.25) is 5.91 Å². The molecular formula is C20H25N3O2S. The van der Waals surface area contributed by atoms with Crippen LogP contribution < -0.4 is 15.5 Å². The zero-order chi connectivity index (χ0) is 18.7. The summed E-state index contributed by atoms with van der Waals surface area (Å²) >= 11 is 1.32. The highest BCUT2D eigenvalue weighted by Crippen LogP contribution is 2.33. The molecule has 2 amide bonds. The number of nitrogens with one attached hydrogen (secondary N) is 2. The maximum Gasteiger partial charge on any atom is 0.266 e. The third-order valence-corrected chi connectivity index (χ3v) is 5.72. The fourth-order valence-electron chi connectivity index (χ4n) is 2.87. The number of hydrogen-bond acceptors (Lipinski definition) is 4. The number of benzene rings is 1. The molecule has 1 aromatic heterocycles. The number of carbonyl (C=O) groups excluding carboxylic acids is 2. The summed E-state index contributed by atoms with van der Waals surface area (Å²) in [6.45, 7) is 8.04. The number of hydrogen-bond donors (Lipinski definition) is 2. The van der Waals surface area contributed by atoms with Crippen LogP contribution in [-0.4, -0.2) is 24.9 Å². The first-order valence-electron chi connectivity index (χ1n) is 9.09. The molecule has 0 radical (unpaired) electrons. The summed E-state index contributed by atoms with van der Waals surface area (Å²) < 4.78 is 0. The minimum absolute atomic E-state index is 0.0604. The maximum absolute atomic E-state index is 12.6. The summed E-state index contributed by atoms with van der Waals surface area (Å²) in [4.78, 5) is 27.4. The van der Waals surface area contributed by atoms with E-state index in [1.807, 2.05) is 37.3 Å². The minimum Gasteiger partial charge on any atom is -0.372 e. The van der Waals surface area contributed by atoms with Crippen molar-refractivity contribution in [3.8, 4) is 0 Å². The Labute approximate surface area is 158 Å². The molecule has 0 saturated heterocycles. The van der Waals surface area contributed by atoms with Crippen LogP contribution in [0.1, 0.15) is 41.9 Å². The molecule has 2 aromatic rings. The van der Waals surface area contributed by atoms with Crippen LogP contribution in [0.15, 0.2) is 30.3 Å². The zero-order valence-corrected chi connectivity index (χ0v) is 16.3. The molecule has 3 rings (SSSR count). The smallest absolute Gasteiger partial charge is 0.266 e. The lowest BCUT2D eigenvalue weighted by molar-refractivity contribution is -0.117. The Kier molecular flexibility index (Phi) is 5.61. The third-order valence-electron chi connectivity index (χ3n) is 4.57. The largest absolute Gasteiger partial charge is 0.372 e. The number of nitrogens with zero attached hydrogens (tertiary/aromatic N) is 1. The van der Waals surface area contributed by atoms with Crippen LogP contribution in [0.5, 0.6) is 0 Å². The predicted octanol–water partition coefficient (Wildman–Crippen LogP) is 4.50. The number of rotatable bonds is 7. The van der Waals surface area contributed by atoms with Crippen LogP contribution in [0, 0.1) is 12.8 Å². The van der Waals surface area contributed by atoms with Gasteiger partial charge in [-0.2, -0.15) is 0 Å². The quantitative estimate of drug-likeness (QED) is 0.753. The normalized spacial score (nSPS) is 13.3. The van der Waals surface area contributed by atoms with E-state index in [0.717, 1.165) is 47.9 Å². The summed E-state index contributed by atoms with van der Waals surface area (Å²) in [5, 5.41) is 6.59. The van der Waals surface area contributed by atoms with Gasteiger partial charge in [-0.05, 0) is 69.5 Å². The summed E-state index contributed by atoms with van der Waals surface area (Å²) in [7, 11) is 0. The molecule has 0 bridgehead atoms. The Bertz CT molecular complexity index is 790. The van der Waals surface area contributed by atoms with Gasteiger partial charge in [-0.1, -0.05) is 0 Å². The van der Waals surface area contributed by atoms with Gasteiger partial charge in [0.25, 0.3) is 5.91 Å². The topological polar surface area (TPSA) is 61.4 Å². The van der Waals surface area contributed by atoms with E-state index in [1.54, 1.807) is 0 Å². The van der Waals surface area contributed by atoms with E-state index in [1.165, 1.54) is 11.3 Å². The Morgan fingerprint density at radius 1 is 1.12 bits per heavy atom. The van der Waals surface area contributed by atoms with Crippen molar-refractivity contribution < 1.29 is 9.59 Å². The Morgan fingerprint density at radius 2 is 1.77 bits per heavy atom. The van der Waals surface area contributed by atoms with Crippen molar-refractivity contribution in [3.05, 3.63) is 40.8 Å². The van der Waals surface area contributed by atoms with E-state index >= 15 is 0 Å². The second kappa shape index (κ2) is 7.91. The van der Waals surface area contributed by atoms with Crippen molar-refractivity contribution in [1.29, 1.82) is 0 Å². The van der Waals surface area contributed by atoms with Crippen LogP contribution in [0.4, 0.5) is 16.4 Å². The van der Waals surface area contributed by atoms with Gasteiger partial charge in [0.05, 0.1) is 9.88 Å². The van der Waals surface area contributed by atoms with Crippen LogP contribution in [-0.2, 0) is 4.79 Å². The van der Waals surface area contributed by atoms with Crippen molar-refractivity contribution in [3.63, 3.8) is 0 Å². The molecule has 0 spiro atoms. The molecule has 0 unspecified atom stereocenters. The molecule has 0 atom stereocenters. The number of carbonyl (C=O) groups is 2. The third kappa shape index (κ3) is 4.25. The highest BCUT2D eigenvalue weighted by atomic mass is 32.1. The van der Waals surface area contributed by atoms with Crippen LogP contribution in [0.25, 0.3) is 0 Å². The van der Waals surface area contributed by atoms with Crippen LogP contribution in [0.3, 0.4) is 0 Å². The molecule has 26 heavy (non-hydrogen) atoms. The number of anilines is 3. The Hall–Kier alpha value is -2.34. The maximum atomic E-state index is 12.6. The summed E-state index contributed by atoms with van der Waals surface area (Å²) in [5.74, 6) is 0.0687. The van der Waals surface area contributed by atoms with E-state index in [0.29, 0.717) is 4.88 Å². The van der Waals surface area contributed by atoms with Gasteiger partial charge in [0.1, 0.15) is 0 Å². The van der Waals surface area contributed by atoms with Gasteiger partial charge in [-0.3, -0.25) is 9.59 Å². The Morgan fingerprint density at radius 3 is 2.35 bits per heavy atom. The second-order valence-corrected chi connectivity index (χ2v) is 7.61. The van der Waals surface area contributed by atoms with Crippen molar-refractivity contribution in [2.45, 2.75) is 33.6 Å². The van der Waals surface area contributed by atoms with Crippen molar-refractivity contribution in [2.24, 2.45) is 5.92 Å². The first kappa shape index (κ1) is 18.5. The van der Waals surface area contributed by atoms with Gasteiger partial charge < -0.3 is 15.5 Å². The van der Waals surface area contributed by atoms with Gasteiger partial charge >= 0.3 is 0 Å². The predicted molar refractivity (Wildman–Crippen MR) is 108 cm³/mol. The van der Waals surface area contributed by atoms with Crippen molar-refractivity contribution in [2.75, 3.05) is 28.6 Å². The number of aryl methyl sites for hydroxylation is 1. The second-order valence-electron chi connectivity index (χ2n) is 6.56. The fraction of sp³-hybridized carbons (Fsp3) is 0.400. The van der Waals surface area contributed by atoms with Crippen LogP contribution in [0.2, 0.25) is 0 Å². The van der Waals surface area contributed by atoms with Gasteiger partial charge in [-0.15, -0.1) is 11.3 Å². The molecule has 2 N–H and O–H groups in total. The molecule has 1 fully saturated rings. The average Bonchev–Trinajstić information content (AvgIpc) is 3.41. The molecular weight excluding hydrogens is 346 g/mol. The molecule has 1 aromatic carbocycles. The zero-order valence-electron chi connectivity index (χ0n) is 15.5. The summed E-state index contributed by atoms with van der Waals surface area (Å²) in [6, 6.07) is 9.74. The standard InChI is InChI=1S/C20H25N3O2S/c1-4-23(5-2)16-10-8-15(9-11-16)21-20(25)18-13(3)12-17(26-18)22-19(24)14-6-7-14/h8-12,14H,4-7H2,1-3H3,(H,21,25)(H,22,24). The highest BCUT2D eigenvalue weighted by molar-refractivity contribution is 7.18. The van der Waals surface area contributed by atoms with E-state index in [9.17, 15) is 9.59 Å². The lowest BCUT2D eigenvalue weighted by Gasteiger charge is -2.21. The lowest BCUT2D eigenvalue weighted by atomic mass is 10.2. The van der Waals surface area contributed by atoms with E-state index in [-0.39, 0.29) is 17.7 Å². The van der Waals surface area contributed by atoms with Gasteiger partial charge in [0.15, 0.2) is 0 Å². The first-order chi connectivity index (χ1) is 12.5. The molecule has 138 valence electrons. The van der Waals surface area contributed by atoms with E-state index in [4.69, 9.17) is 0 Å². The van der Waals surface area contributed by atoms with Crippen molar-refractivity contribution in [1.82, 2.24) is 0 Å². The Balaban J connectivity index is 1.65.